The number of amides is 1. The summed E-state index contributed by atoms with van der Waals surface area (Å²) >= 11 is 0. The van der Waals surface area contributed by atoms with Gasteiger partial charge in [0.25, 0.3) is 0 Å². The molecule has 0 spiro atoms. The highest BCUT2D eigenvalue weighted by Gasteiger charge is 2.47. The van der Waals surface area contributed by atoms with Crippen LogP contribution in [0.2, 0.25) is 0 Å². The lowest BCUT2D eigenvalue weighted by Crippen LogP contribution is -2.64. The number of piperidine rings is 4. The normalized spacial score (nSPS) is 37.4. The van der Waals surface area contributed by atoms with Crippen LogP contribution >= 0.6 is 0 Å². The van der Waals surface area contributed by atoms with Crippen LogP contribution in [0.15, 0.2) is 0 Å². The van der Waals surface area contributed by atoms with E-state index in [1.54, 1.807) is 0 Å². The summed E-state index contributed by atoms with van der Waals surface area (Å²) in [5.74, 6) is 2.01. The van der Waals surface area contributed by atoms with E-state index in [1.165, 1.54) is 45.2 Å². The highest BCUT2D eigenvalue weighted by atomic mass is 35.7. The molecule has 4 atom stereocenters. The van der Waals surface area contributed by atoms with Gasteiger partial charge in [0, 0.05) is 31.6 Å². The molecule has 4 fully saturated rings. The van der Waals surface area contributed by atoms with Crippen molar-refractivity contribution in [1.29, 1.82) is 0 Å². The molecule has 0 radical (unpaired) electrons. The van der Waals surface area contributed by atoms with Crippen molar-refractivity contribution in [3.8, 4) is 0 Å². The summed E-state index contributed by atoms with van der Waals surface area (Å²) in [5.41, 5.74) is 0. The zero-order chi connectivity index (χ0) is 16.6. The van der Waals surface area contributed by atoms with Gasteiger partial charge in [-0.2, -0.15) is 14.0 Å². The Hall–Kier alpha value is -0.440. The number of halogens is 1. The Labute approximate surface area is 138 Å². The summed E-state index contributed by atoms with van der Waals surface area (Å²) in [4.78, 5) is 17.2. The van der Waals surface area contributed by atoms with Crippen LogP contribution in [0.25, 0.3) is 0 Å². The second-order valence-corrected chi connectivity index (χ2v) is 8.01. The second kappa shape index (κ2) is 6.82. The Morgan fingerprint density at radius 2 is 1.65 bits per heavy atom. The molecule has 0 aliphatic carbocycles. The van der Waals surface area contributed by atoms with Crippen LogP contribution in [0.3, 0.4) is 0 Å². The summed E-state index contributed by atoms with van der Waals surface area (Å²) < 4.78 is 32.7. The Morgan fingerprint density at radius 1 is 1.00 bits per heavy atom. The van der Waals surface area contributed by atoms with E-state index in [9.17, 15) is 4.79 Å². The third-order valence-electron chi connectivity index (χ3n) is 5.87. The average molecular weight is 349 g/mol. The average Bonchev–Trinajstić information content (AvgIpc) is 2.47. The van der Waals surface area contributed by atoms with Gasteiger partial charge in [-0.25, -0.2) is 0 Å². The number of hydrogen-bond acceptors (Lipinski definition) is 6. The van der Waals surface area contributed by atoms with Gasteiger partial charge >= 0.3 is 0 Å². The van der Waals surface area contributed by atoms with E-state index in [0.29, 0.717) is 11.9 Å². The molecule has 7 nitrogen and oxygen atoms in total. The minimum atomic E-state index is -4.69. The first-order valence-corrected chi connectivity index (χ1v) is 9.76. The van der Waals surface area contributed by atoms with Gasteiger partial charge in [-0.3, -0.25) is 9.69 Å². The third-order valence-corrected chi connectivity index (χ3v) is 5.87. The topological polar surface area (TPSA) is 113 Å². The smallest absolute Gasteiger partial charge is 0.222 e. The van der Waals surface area contributed by atoms with E-state index in [1.807, 2.05) is 0 Å². The Kier molecular flexibility index (Phi) is 5.15. The van der Waals surface area contributed by atoms with Crippen molar-refractivity contribution in [2.75, 3.05) is 19.6 Å². The van der Waals surface area contributed by atoms with Crippen molar-refractivity contribution in [2.24, 2.45) is 11.8 Å². The first-order valence-electron chi connectivity index (χ1n) is 8.49. The first kappa shape index (κ1) is 17.4. The largest absolute Gasteiger partial charge is 0.339 e. The molecule has 4 aliphatic heterocycles. The molecule has 2 bridgehead atoms. The number of hydrogen-bond donors (Lipinski definition) is 1. The molecule has 1 amide bonds. The number of carbonyl (C=O) groups excluding carboxylic acids is 1. The molecule has 4 aliphatic rings. The van der Waals surface area contributed by atoms with Gasteiger partial charge in [0.1, 0.15) is 0 Å². The fraction of sp³-hybridized carbons (Fsp3) is 0.933. The zero-order valence-electron chi connectivity index (χ0n) is 13.2. The van der Waals surface area contributed by atoms with Crippen molar-refractivity contribution < 1.29 is 33.7 Å². The van der Waals surface area contributed by atoms with E-state index in [4.69, 9.17) is 18.6 Å². The molecule has 0 aromatic heterocycles. The van der Waals surface area contributed by atoms with Crippen LogP contribution in [0.5, 0.6) is 0 Å². The molecule has 23 heavy (non-hydrogen) atoms. The number of nitrogens with zero attached hydrogens (tertiary/aromatic N) is 2. The maximum absolute atomic E-state index is 12.1. The van der Waals surface area contributed by atoms with Gasteiger partial charge in [-0.15, -0.1) is 0 Å². The highest BCUT2D eigenvalue weighted by Crippen LogP contribution is 2.42. The van der Waals surface area contributed by atoms with E-state index in [2.05, 4.69) is 9.80 Å². The van der Waals surface area contributed by atoms with E-state index < -0.39 is 10.2 Å². The second-order valence-electron chi connectivity index (χ2n) is 7.22. The number of rotatable bonds is 0. The fourth-order valence-electron chi connectivity index (χ4n) is 5.10. The molecule has 132 valence electrons. The van der Waals surface area contributed by atoms with E-state index in [0.717, 1.165) is 37.3 Å². The number of carbonyl (C=O) groups is 1. The third kappa shape index (κ3) is 4.15. The van der Waals surface area contributed by atoms with Crippen LogP contribution in [-0.2, 0) is 4.79 Å². The minimum Gasteiger partial charge on any atom is -0.339 e. The monoisotopic (exact) mass is 348 g/mol. The molecule has 4 rings (SSSR count). The predicted molar refractivity (Wildman–Crippen MR) is 72.4 cm³/mol. The van der Waals surface area contributed by atoms with Crippen molar-refractivity contribution >= 4 is 5.91 Å². The molecule has 1 N–H and O–H groups in total. The summed E-state index contributed by atoms with van der Waals surface area (Å²) in [6.07, 6.45) is 8.78. The van der Waals surface area contributed by atoms with Gasteiger partial charge in [-0.1, -0.05) is 6.42 Å². The SMILES string of the molecule is O=C1CCC[C@@H]2[C@@H]3C[C@@H](CN12)[C@@H]1CCCCN1C3.[O-][Cl+3]([O-])([O-])O. The molecule has 8 heteroatoms. The fourth-order valence-corrected chi connectivity index (χ4v) is 5.10. The number of fused-ring (bicyclic) bond motifs is 6. The van der Waals surface area contributed by atoms with Gasteiger partial charge in [0.2, 0.25) is 5.91 Å². The van der Waals surface area contributed by atoms with Gasteiger partial charge in [0.05, 0.1) is 14.9 Å². The molecular weight excluding hydrogens is 324 g/mol. The first-order chi connectivity index (χ1) is 10.8. The predicted octanol–water partition coefficient (Wildman–Crippen LogP) is -2.25. The summed E-state index contributed by atoms with van der Waals surface area (Å²) in [6, 6.07) is 1.39. The molecular formula is C15H25ClN2O5. The molecule has 0 aromatic carbocycles. The van der Waals surface area contributed by atoms with Crippen LogP contribution in [0.4, 0.5) is 0 Å². The van der Waals surface area contributed by atoms with Gasteiger partial charge in [0.15, 0.2) is 0 Å². The molecule has 4 saturated heterocycles. The van der Waals surface area contributed by atoms with Crippen molar-refractivity contribution in [3.05, 3.63) is 0 Å². The summed E-state index contributed by atoms with van der Waals surface area (Å²) in [6.45, 7) is 3.66. The standard InChI is InChI=1S/C15H24N2O.ClHO4/c18-15-6-3-5-14-11-8-12(10-17(14)15)13-4-1-2-7-16(13)9-11;2-1(3,4)5/h11-14H,1-10H2;(H,2,3,4,5)/t11-,12+,13+,14-;/m1./s1. The van der Waals surface area contributed by atoms with Gasteiger partial charge < -0.3 is 4.90 Å². The van der Waals surface area contributed by atoms with Crippen LogP contribution in [0, 0.1) is 22.1 Å². The van der Waals surface area contributed by atoms with E-state index >= 15 is 0 Å². The lowest BCUT2D eigenvalue weighted by molar-refractivity contribution is -1.92. The lowest BCUT2D eigenvalue weighted by atomic mass is 9.71. The molecule has 0 aromatic rings. The Morgan fingerprint density at radius 3 is 2.39 bits per heavy atom. The molecule has 0 unspecified atom stereocenters. The quantitative estimate of drug-likeness (QED) is 0.529. The highest BCUT2D eigenvalue weighted by molar-refractivity contribution is 5.77. The molecule has 4 heterocycles. The Balaban J connectivity index is 0.000000276. The minimum absolute atomic E-state index is 0.449. The maximum atomic E-state index is 12.1. The van der Waals surface area contributed by atoms with Crippen molar-refractivity contribution in [2.45, 2.75) is 57.0 Å². The van der Waals surface area contributed by atoms with Crippen LogP contribution < -0.4 is 14.0 Å². The Bertz CT molecular complexity index is 438. The molecule has 0 saturated carbocycles. The summed E-state index contributed by atoms with van der Waals surface area (Å²) in [5, 5.41) is 0. The van der Waals surface area contributed by atoms with Crippen LogP contribution in [-0.4, -0.2) is 52.1 Å². The summed E-state index contributed by atoms with van der Waals surface area (Å²) in [7, 11) is -4.69. The lowest BCUT2D eigenvalue weighted by Gasteiger charge is -2.56. The maximum Gasteiger partial charge on any atom is 0.222 e. The zero-order valence-corrected chi connectivity index (χ0v) is 14.0. The van der Waals surface area contributed by atoms with Crippen LogP contribution in [0.1, 0.15) is 44.9 Å². The van der Waals surface area contributed by atoms with Gasteiger partial charge in [-0.05, 0) is 50.5 Å². The van der Waals surface area contributed by atoms with Crippen molar-refractivity contribution in [3.63, 3.8) is 0 Å². The van der Waals surface area contributed by atoms with Crippen molar-refractivity contribution in [1.82, 2.24) is 9.80 Å². The van der Waals surface area contributed by atoms with E-state index in [-0.39, 0.29) is 0 Å².